The van der Waals surface area contributed by atoms with Crippen molar-refractivity contribution in [2.45, 2.75) is 30.3 Å². The normalized spacial score (nSPS) is 13.4. The van der Waals surface area contributed by atoms with E-state index in [9.17, 15) is 33.3 Å². The van der Waals surface area contributed by atoms with Crippen molar-refractivity contribution < 1.29 is 33.3 Å². The number of rotatable bonds is 9. The minimum Gasteiger partial charge on any atom is -0.508 e. The molecule has 2 rings (SSSR count). The van der Waals surface area contributed by atoms with E-state index in [2.05, 4.69) is 10.0 Å². The van der Waals surface area contributed by atoms with E-state index in [0.717, 1.165) is 5.56 Å². The monoisotopic (exact) mass is 422 g/mol. The fraction of sp³-hybridized carbons (Fsp3) is 0.263. The minimum atomic E-state index is -4.10. The van der Waals surface area contributed by atoms with Crippen LogP contribution < -0.4 is 10.0 Å². The van der Waals surface area contributed by atoms with Gasteiger partial charge < -0.3 is 20.6 Å². The van der Waals surface area contributed by atoms with Gasteiger partial charge in [0.25, 0.3) is 0 Å². The summed E-state index contributed by atoms with van der Waals surface area (Å²) < 4.78 is 26.9. The Kier molecular flexibility index (Phi) is 7.32. The average Bonchev–Trinajstić information content (AvgIpc) is 2.67. The Balaban J connectivity index is 2.10. The SMILES string of the molecule is Cc1ccc(S(=O)(=O)N[C@@H](CO)C(=O)N[C@@H](Cc2ccc(O)cc2)C(=O)O)cc1. The van der Waals surface area contributed by atoms with Gasteiger partial charge in [0.15, 0.2) is 0 Å². The van der Waals surface area contributed by atoms with Crippen molar-refractivity contribution in [1.82, 2.24) is 10.0 Å². The van der Waals surface area contributed by atoms with Gasteiger partial charge in [0.1, 0.15) is 17.8 Å². The standard InChI is InChI=1S/C19H22N2O7S/c1-12-2-8-15(9-3-12)29(27,28)21-17(11-22)18(24)20-16(19(25)26)10-13-4-6-14(23)7-5-13/h2-9,16-17,21-23H,10-11H2,1H3,(H,20,24)(H,25,26)/t16-,17-/m0/s1. The maximum atomic E-state index is 12.4. The summed E-state index contributed by atoms with van der Waals surface area (Å²) in [7, 11) is -4.10. The van der Waals surface area contributed by atoms with Crippen LogP contribution in [0.25, 0.3) is 0 Å². The van der Waals surface area contributed by atoms with E-state index in [-0.39, 0.29) is 17.1 Å². The largest absolute Gasteiger partial charge is 0.508 e. The fourth-order valence-corrected chi connectivity index (χ4v) is 3.67. The molecule has 0 fully saturated rings. The number of hydrogen-bond acceptors (Lipinski definition) is 6. The smallest absolute Gasteiger partial charge is 0.326 e. The lowest BCUT2D eigenvalue weighted by Gasteiger charge is -2.20. The molecule has 0 aliphatic carbocycles. The van der Waals surface area contributed by atoms with Gasteiger partial charge in [0.2, 0.25) is 15.9 Å². The van der Waals surface area contributed by atoms with Crippen LogP contribution in [-0.2, 0) is 26.0 Å². The number of aromatic hydroxyl groups is 1. The topological polar surface area (TPSA) is 153 Å². The summed E-state index contributed by atoms with van der Waals surface area (Å²) in [5, 5.41) is 30.3. The molecule has 9 nitrogen and oxygen atoms in total. The summed E-state index contributed by atoms with van der Waals surface area (Å²) in [6.07, 6.45) is -0.0930. The lowest BCUT2D eigenvalue weighted by Crippen LogP contribution is -2.53. The number of amides is 1. The van der Waals surface area contributed by atoms with Crippen molar-refractivity contribution in [3.8, 4) is 5.75 Å². The Morgan fingerprint density at radius 3 is 2.10 bits per heavy atom. The Labute approximate surface area is 168 Å². The zero-order valence-corrected chi connectivity index (χ0v) is 16.4. The third-order valence-electron chi connectivity index (χ3n) is 4.12. The molecule has 2 aromatic carbocycles. The average molecular weight is 422 g/mol. The number of carbonyl (C=O) groups is 2. The number of sulfonamides is 1. The molecule has 0 aliphatic heterocycles. The van der Waals surface area contributed by atoms with Gasteiger partial charge in [-0.2, -0.15) is 4.72 Å². The molecule has 0 spiro atoms. The molecule has 5 N–H and O–H groups in total. The number of aliphatic hydroxyl groups is 1. The number of carboxylic acids is 1. The maximum Gasteiger partial charge on any atom is 0.326 e. The summed E-state index contributed by atoms with van der Waals surface area (Å²) >= 11 is 0. The lowest BCUT2D eigenvalue weighted by atomic mass is 10.1. The second-order valence-electron chi connectivity index (χ2n) is 6.44. The molecule has 156 valence electrons. The Morgan fingerprint density at radius 1 is 1.00 bits per heavy atom. The third-order valence-corrected chi connectivity index (χ3v) is 5.61. The molecule has 2 atom stereocenters. The number of phenolic OH excluding ortho intramolecular Hbond substituents is 1. The number of aliphatic carboxylic acids is 1. The molecule has 0 saturated heterocycles. The molecule has 0 bridgehead atoms. The third kappa shape index (κ3) is 6.28. The zero-order valence-electron chi connectivity index (χ0n) is 15.6. The Hall–Kier alpha value is -2.95. The summed E-state index contributed by atoms with van der Waals surface area (Å²) in [5.41, 5.74) is 1.38. The van der Waals surface area contributed by atoms with Crippen LogP contribution in [0.3, 0.4) is 0 Å². The predicted octanol–water partition coefficient (Wildman–Crippen LogP) is 0.152. The molecule has 10 heteroatoms. The second kappa shape index (κ2) is 9.50. The van der Waals surface area contributed by atoms with Crippen LogP contribution in [0.1, 0.15) is 11.1 Å². The number of nitrogens with one attached hydrogen (secondary N) is 2. The van der Waals surface area contributed by atoms with Gasteiger partial charge in [0.05, 0.1) is 11.5 Å². The van der Waals surface area contributed by atoms with E-state index in [1.54, 1.807) is 19.1 Å². The van der Waals surface area contributed by atoms with Gasteiger partial charge in [-0.3, -0.25) is 4.79 Å². The van der Waals surface area contributed by atoms with E-state index in [1.807, 2.05) is 0 Å². The van der Waals surface area contributed by atoms with Crippen LogP contribution in [0.2, 0.25) is 0 Å². The van der Waals surface area contributed by atoms with Gasteiger partial charge in [-0.1, -0.05) is 29.8 Å². The minimum absolute atomic E-state index is 0.00974. The van der Waals surface area contributed by atoms with Crippen LogP contribution in [0.15, 0.2) is 53.4 Å². The highest BCUT2D eigenvalue weighted by Gasteiger charge is 2.29. The Morgan fingerprint density at radius 2 is 1.59 bits per heavy atom. The molecule has 0 saturated carbocycles. The summed E-state index contributed by atoms with van der Waals surface area (Å²) in [5.74, 6) is -2.30. The first-order valence-corrected chi connectivity index (χ1v) is 10.1. The fourth-order valence-electron chi connectivity index (χ4n) is 2.49. The van der Waals surface area contributed by atoms with E-state index < -0.39 is 40.6 Å². The van der Waals surface area contributed by atoms with E-state index in [0.29, 0.717) is 5.56 Å². The number of carboxylic acid groups (broad SMARTS) is 1. The Bertz CT molecular complexity index is 957. The van der Waals surface area contributed by atoms with Gasteiger partial charge in [-0.25, -0.2) is 13.2 Å². The van der Waals surface area contributed by atoms with Crippen LogP contribution in [0.4, 0.5) is 0 Å². The van der Waals surface area contributed by atoms with Crippen LogP contribution in [-0.4, -0.2) is 54.3 Å². The molecule has 1 amide bonds. The van der Waals surface area contributed by atoms with E-state index in [1.165, 1.54) is 36.4 Å². The van der Waals surface area contributed by atoms with Crippen molar-refractivity contribution in [2.24, 2.45) is 0 Å². The van der Waals surface area contributed by atoms with Crippen LogP contribution in [0.5, 0.6) is 5.75 Å². The molecule has 2 aromatic rings. The van der Waals surface area contributed by atoms with E-state index >= 15 is 0 Å². The highest BCUT2D eigenvalue weighted by molar-refractivity contribution is 7.89. The molecular formula is C19H22N2O7S. The summed E-state index contributed by atoms with van der Waals surface area (Å²) in [6, 6.07) is 8.71. The molecule has 0 aromatic heterocycles. The molecule has 29 heavy (non-hydrogen) atoms. The zero-order chi connectivity index (χ0) is 21.6. The summed E-state index contributed by atoms with van der Waals surface area (Å²) in [4.78, 5) is 23.8. The molecule has 0 aliphatic rings. The number of phenols is 1. The van der Waals surface area contributed by atoms with Gasteiger partial charge in [-0.05, 0) is 36.8 Å². The first-order chi connectivity index (χ1) is 13.6. The van der Waals surface area contributed by atoms with Crippen molar-refractivity contribution in [3.63, 3.8) is 0 Å². The van der Waals surface area contributed by atoms with Crippen molar-refractivity contribution in [2.75, 3.05) is 6.61 Å². The number of aryl methyl sites for hydroxylation is 1. The van der Waals surface area contributed by atoms with Crippen LogP contribution >= 0.6 is 0 Å². The van der Waals surface area contributed by atoms with Gasteiger partial charge in [0, 0.05) is 6.42 Å². The quantitative estimate of drug-likeness (QED) is 0.386. The highest BCUT2D eigenvalue weighted by atomic mass is 32.2. The molecule has 0 unspecified atom stereocenters. The number of aliphatic hydroxyl groups excluding tert-OH is 1. The first-order valence-electron chi connectivity index (χ1n) is 8.63. The molecule has 0 heterocycles. The van der Waals surface area contributed by atoms with Gasteiger partial charge >= 0.3 is 5.97 Å². The number of hydrogen-bond donors (Lipinski definition) is 5. The van der Waals surface area contributed by atoms with Gasteiger partial charge in [-0.15, -0.1) is 0 Å². The van der Waals surface area contributed by atoms with Crippen molar-refractivity contribution >= 4 is 21.9 Å². The molecule has 0 radical (unpaired) electrons. The highest BCUT2D eigenvalue weighted by Crippen LogP contribution is 2.13. The predicted molar refractivity (Wildman–Crippen MR) is 104 cm³/mol. The maximum absolute atomic E-state index is 12.4. The molecular weight excluding hydrogens is 400 g/mol. The van der Waals surface area contributed by atoms with Crippen molar-refractivity contribution in [3.05, 3.63) is 59.7 Å². The van der Waals surface area contributed by atoms with Crippen molar-refractivity contribution in [1.29, 1.82) is 0 Å². The summed E-state index contributed by atoms with van der Waals surface area (Å²) in [6.45, 7) is 0.927. The number of carbonyl (C=O) groups excluding carboxylic acids is 1. The first kappa shape index (κ1) is 22.3. The second-order valence-corrected chi connectivity index (χ2v) is 8.15. The lowest BCUT2D eigenvalue weighted by molar-refractivity contribution is -0.142. The van der Waals surface area contributed by atoms with Crippen LogP contribution in [0, 0.1) is 6.92 Å². The van der Waals surface area contributed by atoms with E-state index in [4.69, 9.17) is 0 Å². The number of benzene rings is 2.